The Morgan fingerprint density at radius 2 is 1.88 bits per heavy atom. The molecule has 1 N–H and O–H groups in total. The van der Waals surface area contributed by atoms with Crippen LogP contribution in [-0.4, -0.2) is 89.4 Å². The predicted molar refractivity (Wildman–Crippen MR) is 128 cm³/mol. The molecule has 0 spiro atoms. The van der Waals surface area contributed by atoms with Crippen molar-refractivity contribution in [3.05, 3.63) is 34.5 Å². The van der Waals surface area contributed by atoms with Crippen molar-refractivity contribution in [2.24, 2.45) is 4.99 Å². The molecule has 2 fully saturated rings. The standard InChI is InChI=1S/C21H25FN4O4S.C2H6/c22-16-4-3-15(17(14-16)30-21(29)26-5-1-2-6-26)13-18-19(28)23-20(31-18)25-9-7-24(8-10-25)11-12-27;1-2/h3-4,13-14,27H,1-2,5-12H2;1-2H3/b18-13-;. The second-order valence-corrected chi connectivity index (χ2v) is 8.62. The summed E-state index contributed by atoms with van der Waals surface area (Å²) in [6.45, 7) is 9.06. The number of thioether (sulfide) groups is 1. The molecule has 0 atom stereocenters. The maximum atomic E-state index is 13.8. The number of carbonyl (C=O) groups excluding carboxylic acids is 2. The molecule has 3 heterocycles. The molecule has 180 valence electrons. The maximum Gasteiger partial charge on any atom is 0.415 e. The molecule has 4 rings (SSSR count). The molecular weight excluding hydrogens is 447 g/mol. The Bertz CT molecular complexity index is 910. The Hall–Kier alpha value is -2.43. The van der Waals surface area contributed by atoms with Gasteiger partial charge in [0, 0.05) is 57.4 Å². The van der Waals surface area contributed by atoms with Crippen molar-refractivity contribution in [2.75, 3.05) is 52.4 Å². The van der Waals surface area contributed by atoms with Crippen molar-refractivity contribution in [3.8, 4) is 5.75 Å². The molecular formula is C23H31FN4O4S. The van der Waals surface area contributed by atoms with Gasteiger partial charge in [0.15, 0.2) is 5.17 Å². The van der Waals surface area contributed by atoms with Crippen LogP contribution < -0.4 is 4.74 Å². The van der Waals surface area contributed by atoms with Crippen molar-refractivity contribution < 1.29 is 23.8 Å². The second-order valence-electron chi connectivity index (χ2n) is 7.61. The van der Waals surface area contributed by atoms with Crippen LogP contribution in [0.2, 0.25) is 0 Å². The number of hydrogen-bond acceptors (Lipinski definition) is 7. The van der Waals surface area contributed by atoms with Gasteiger partial charge in [-0.2, -0.15) is 4.99 Å². The van der Waals surface area contributed by atoms with Crippen LogP contribution in [0.25, 0.3) is 6.08 Å². The fourth-order valence-electron chi connectivity index (χ4n) is 3.75. The predicted octanol–water partition coefficient (Wildman–Crippen LogP) is 3.03. The molecule has 3 aliphatic heterocycles. The third kappa shape index (κ3) is 6.55. The third-order valence-corrected chi connectivity index (χ3v) is 6.54. The molecule has 3 aliphatic rings. The van der Waals surface area contributed by atoms with Gasteiger partial charge < -0.3 is 19.6 Å². The molecule has 1 aromatic rings. The summed E-state index contributed by atoms with van der Waals surface area (Å²) in [4.78, 5) is 35.2. The van der Waals surface area contributed by atoms with Gasteiger partial charge in [-0.25, -0.2) is 9.18 Å². The Morgan fingerprint density at radius 1 is 1.18 bits per heavy atom. The molecule has 33 heavy (non-hydrogen) atoms. The number of halogens is 1. The minimum atomic E-state index is -0.519. The van der Waals surface area contributed by atoms with E-state index < -0.39 is 11.9 Å². The number of aliphatic hydroxyl groups excluding tert-OH is 1. The van der Waals surface area contributed by atoms with Gasteiger partial charge >= 0.3 is 6.09 Å². The zero-order valence-corrected chi connectivity index (χ0v) is 19.9. The summed E-state index contributed by atoms with van der Waals surface area (Å²) in [6, 6.07) is 3.92. The number of aliphatic imine (C=N–C) groups is 1. The average Bonchev–Trinajstić information content (AvgIpc) is 3.48. The number of amides is 2. The zero-order valence-electron chi connectivity index (χ0n) is 19.1. The normalized spacial score (nSPS) is 20.1. The highest BCUT2D eigenvalue weighted by Crippen LogP contribution is 2.33. The van der Waals surface area contributed by atoms with E-state index >= 15 is 0 Å². The highest BCUT2D eigenvalue weighted by atomic mass is 32.2. The summed E-state index contributed by atoms with van der Waals surface area (Å²) in [5.74, 6) is -0.794. The minimum absolute atomic E-state index is 0.0869. The molecule has 0 radical (unpaired) electrons. The van der Waals surface area contributed by atoms with Gasteiger partial charge in [0.25, 0.3) is 5.91 Å². The molecule has 0 aliphatic carbocycles. The van der Waals surface area contributed by atoms with E-state index in [-0.39, 0.29) is 18.3 Å². The summed E-state index contributed by atoms with van der Waals surface area (Å²) < 4.78 is 19.3. The minimum Gasteiger partial charge on any atom is -0.409 e. The van der Waals surface area contributed by atoms with Crippen LogP contribution in [0.15, 0.2) is 28.1 Å². The number of likely N-dealkylation sites (tertiary alicyclic amines) is 1. The molecule has 2 amide bonds. The summed E-state index contributed by atoms with van der Waals surface area (Å²) in [7, 11) is 0. The molecule has 0 bridgehead atoms. The Balaban J connectivity index is 0.00000149. The van der Waals surface area contributed by atoms with Crippen molar-refractivity contribution in [3.63, 3.8) is 0 Å². The average molecular weight is 479 g/mol. The number of benzene rings is 1. The number of amidine groups is 1. The maximum absolute atomic E-state index is 13.8. The molecule has 1 aromatic carbocycles. The van der Waals surface area contributed by atoms with E-state index in [1.165, 1.54) is 23.9 Å². The summed E-state index contributed by atoms with van der Waals surface area (Å²) in [5.41, 5.74) is 0.453. The van der Waals surface area contributed by atoms with E-state index in [4.69, 9.17) is 9.84 Å². The van der Waals surface area contributed by atoms with Gasteiger partial charge in [0.2, 0.25) is 0 Å². The van der Waals surface area contributed by atoms with Gasteiger partial charge in [-0.1, -0.05) is 13.8 Å². The highest BCUT2D eigenvalue weighted by Gasteiger charge is 2.29. The molecule has 8 nitrogen and oxygen atoms in total. The van der Waals surface area contributed by atoms with E-state index in [0.717, 1.165) is 45.1 Å². The van der Waals surface area contributed by atoms with Crippen LogP contribution in [0.5, 0.6) is 5.75 Å². The number of rotatable bonds is 4. The molecule has 10 heteroatoms. The van der Waals surface area contributed by atoms with Gasteiger partial charge in [0.1, 0.15) is 11.6 Å². The van der Waals surface area contributed by atoms with E-state index in [1.807, 2.05) is 13.8 Å². The lowest BCUT2D eigenvalue weighted by atomic mass is 10.2. The van der Waals surface area contributed by atoms with Crippen LogP contribution in [0.1, 0.15) is 32.3 Å². The SMILES string of the molecule is CC.O=C1N=C(N2CCN(CCO)CC2)S/C1=C\c1ccc(F)cc1OC(=O)N1CCCC1. The van der Waals surface area contributed by atoms with E-state index in [1.54, 1.807) is 11.0 Å². The number of β-amino-alcohol motifs (C(OH)–C–C–N with tert-alkyl or cyclic N) is 1. The number of piperazine rings is 1. The fraction of sp³-hybridized carbons (Fsp3) is 0.522. The van der Waals surface area contributed by atoms with Gasteiger partial charge in [-0.15, -0.1) is 0 Å². The first kappa shape index (κ1) is 25.2. The lowest BCUT2D eigenvalue weighted by molar-refractivity contribution is -0.113. The molecule has 0 unspecified atom stereocenters. The molecule has 0 saturated carbocycles. The lowest BCUT2D eigenvalue weighted by Crippen LogP contribution is -2.48. The number of ether oxygens (including phenoxy) is 1. The van der Waals surface area contributed by atoms with E-state index in [0.29, 0.717) is 35.3 Å². The number of aliphatic hydroxyl groups is 1. The number of carbonyl (C=O) groups is 2. The summed E-state index contributed by atoms with van der Waals surface area (Å²) in [5, 5.41) is 9.71. The van der Waals surface area contributed by atoms with Crippen molar-refractivity contribution in [1.82, 2.24) is 14.7 Å². The Kier molecular flexibility index (Phi) is 9.28. The van der Waals surface area contributed by atoms with Crippen LogP contribution >= 0.6 is 11.8 Å². The quantitative estimate of drug-likeness (QED) is 0.666. The van der Waals surface area contributed by atoms with Crippen LogP contribution in [0.3, 0.4) is 0 Å². The first-order valence-electron chi connectivity index (χ1n) is 11.4. The first-order valence-corrected chi connectivity index (χ1v) is 12.2. The van der Waals surface area contributed by atoms with Crippen LogP contribution in [0, 0.1) is 5.82 Å². The van der Waals surface area contributed by atoms with Crippen LogP contribution in [-0.2, 0) is 4.79 Å². The topological polar surface area (TPSA) is 85.7 Å². The monoisotopic (exact) mass is 478 g/mol. The van der Waals surface area contributed by atoms with E-state index in [9.17, 15) is 14.0 Å². The van der Waals surface area contributed by atoms with Crippen LogP contribution in [0.4, 0.5) is 9.18 Å². The second kappa shape index (κ2) is 12.2. The van der Waals surface area contributed by atoms with Crippen molar-refractivity contribution in [2.45, 2.75) is 26.7 Å². The summed E-state index contributed by atoms with van der Waals surface area (Å²) >= 11 is 1.27. The Labute approximate surface area is 198 Å². The highest BCUT2D eigenvalue weighted by molar-refractivity contribution is 8.18. The van der Waals surface area contributed by atoms with Gasteiger partial charge in [-0.05, 0) is 42.8 Å². The first-order chi connectivity index (χ1) is 16.0. The Morgan fingerprint density at radius 3 is 2.55 bits per heavy atom. The van der Waals surface area contributed by atoms with Gasteiger partial charge in [-0.3, -0.25) is 9.69 Å². The zero-order chi connectivity index (χ0) is 23.8. The largest absolute Gasteiger partial charge is 0.415 e. The van der Waals surface area contributed by atoms with Gasteiger partial charge in [0.05, 0.1) is 11.5 Å². The van der Waals surface area contributed by atoms with E-state index in [2.05, 4.69) is 14.8 Å². The molecule has 2 saturated heterocycles. The fourth-order valence-corrected chi connectivity index (χ4v) is 4.71. The number of hydrogen-bond donors (Lipinski definition) is 1. The molecule has 0 aromatic heterocycles. The van der Waals surface area contributed by atoms with Crippen molar-refractivity contribution >= 4 is 35.0 Å². The lowest BCUT2D eigenvalue weighted by Gasteiger charge is -2.34. The smallest absolute Gasteiger partial charge is 0.409 e. The number of nitrogens with zero attached hydrogens (tertiary/aromatic N) is 4. The van der Waals surface area contributed by atoms with Crippen molar-refractivity contribution in [1.29, 1.82) is 0 Å². The summed E-state index contributed by atoms with van der Waals surface area (Å²) in [6.07, 6.45) is 2.94. The third-order valence-electron chi connectivity index (χ3n) is 5.49.